The van der Waals surface area contributed by atoms with Crippen molar-refractivity contribution in [3.05, 3.63) is 102 Å². The normalized spacial score (nSPS) is 10.6. The van der Waals surface area contributed by atoms with Gasteiger partial charge >= 0.3 is 0 Å². The van der Waals surface area contributed by atoms with E-state index >= 15 is 0 Å². The minimum absolute atomic E-state index is 0.157. The standard InChI is InChI=1S/C24H20N2O2/c1-17-11-13-18(14-12-17)15-25-23(27)20-9-5-6-10-21(20)24-26-16-22(28-24)19-7-3-2-4-8-19/h2-14,16H,15H2,1H3,(H,25,27). The minimum atomic E-state index is -0.157. The quantitative estimate of drug-likeness (QED) is 0.524. The van der Waals surface area contributed by atoms with Crippen LogP contribution >= 0.6 is 0 Å². The number of carbonyl (C=O) groups is 1. The molecule has 0 fully saturated rings. The van der Waals surface area contributed by atoms with Crippen LogP contribution in [0.4, 0.5) is 0 Å². The fourth-order valence-electron chi connectivity index (χ4n) is 2.99. The Morgan fingerprint density at radius 1 is 0.929 bits per heavy atom. The number of carbonyl (C=O) groups excluding carboxylic acids is 1. The number of oxazole rings is 1. The Kier molecular flexibility index (Phi) is 5.02. The van der Waals surface area contributed by atoms with Crippen LogP contribution in [0.25, 0.3) is 22.8 Å². The van der Waals surface area contributed by atoms with Gasteiger partial charge in [0.15, 0.2) is 5.76 Å². The summed E-state index contributed by atoms with van der Waals surface area (Å²) in [5.74, 6) is 0.945. The van der Waals surface area contributed by atoms with Crippen LogP contribution in [0.1, 0.15) is 21.5 Å². The van der Waals surface area contributed by atoms with Crippen LogP contribution in [0.2, 0.25) is 0 Å². The molecule has 0 radical (unpaired) electrons. The molecule has 0 aliphatic heterocycles. The molecule has 1 heterocycles. The molecule has 4 rings (SSSR count). The molecule has 0 spiro atoms. The van der Waals surface area contributed by atoms with Crippen molar-refractivity contribution in [3.8, 4) is 22.8 Å². The predicted molar refractivity (Wildman–Crippen MR) is 110 cm³/mol. The second-order valence-corrected chi connectivity index (χ2v) is 6.61. The molecule has 4 aromatic rings. The summed E-state index contributed by atoms with van der Waals surface area (Å²) >= 11 is 0. The van der Waals surface area contributed by atoms with Crippen molar-refractivity contribution in [1.29, 1.82) is 0 Å². The van der Waals surface area contributed by atoms with E-state index in [-0.39, 0.29) is 5.91 Å². The first kappa shape index (κ1) is 17.7. The molecule has 0 saturated carbocycles. The van der Waals surface area contributed by atoms with Crippen LogP contribution < -0.4 is 5.32 Å². The van der Waals surface area contributed by atoms with E-state index in [4.69, 9.17) is 4.42 Å². The van der Waals surface area contributed by atoms with E-state index in [0.29, 0.717) is 29.3 Å². The molecule has 0 saturated heterocycles. The van der Waals surface area contributed by atoms with Crippen molar-refractivity contribution in [2.75, 3.05) is 0 Å². The third-order valence-electron chi connectivity index (χ3n) is 4.54. The summed E-state index contributed by atoms with van der Waals surface area (Å²) < 4.78 is 5.93. The van der Waals surface area contributed by atoms with Crippen LogP contribution in [-0.4, -0.2) is 10.9 Å². The van der Waals surface area contributed by atoms with Crippen LogP contribution in [0.15, 0.2) is 89.5 Å². The van der Waals surface area contributed by atoms with Gasteiger partial charge in [-0.15, -0.1) is 0 Å². The second-order valence-electron chi connectivity index (χ2n) is 6.61. The Morgan fingerprint density at radius 2 is 1.64 bits per heavy atom. The van der Waals surface area contributed by atoms with Gasteiger partial charge in [-0.05, 0) is 24.6 Å². The Bertz CT molecular complexity index is 1080. The predicted octanol–water partition coefficient (Wildman–Crippen LogP) is 5.25. The van der Waals surface area contributed by atoms with Crippen molar-refractivity contribution < 1.29 is 9.21 Å². The number of hydrogen-bond acceptors (Lipinski definition) is 3. The molecule has 0 unspecified atom stereocenters. The van der Waals surface area contributed by atoms with Gasteiger partial charge in [0.1, 0.15) is 0 Å². The molecule has 138 valence electrons. The van der Waals surface area contributed by atoms with Crippen molar-refractivity contribution >= 4 is 5.91 Å². The summed E-state index contributed by atoms with van der Waals surface area (Å²) in [6.45, 7) is 2.51. The van der Waals surface area contributed by atoms with Gasteiger partial charge in [0.25, 0.3) is 5.91 Å². The maximum Gasteiger partial charge on any atom is 0.252 e. The third kappa shape index (κ3) is 3.86. The summed E-state index contributed by atoms with van der Waals surface area (Å²) in [6, 6.07) is 25.2. The first-order valence-corrected chi connectivity index (χ1v) is 9.15. The molecule has 4 nitrogen and oxygen atoms in total. The fraction of sp³-hybridized carbons (Fsp3) is 0.0833. The molecular formula is C24H20N2O2. The van der Waals surface area contributed by atoms with Crippen molar-refractivity contribution in [3.63, 3.8) is 0 Å². The molecule has 0 aliphatic carbocycles. The molecule has 3 aromatic carbocycles. The Labute approximate surface area is 163 Å². The zero-order valence-electron chi connectivity index (χ0n) is 15.6. The summed E-state index contributed by atoms with van der Waals surface area (Å²) in [7, 11) is 0. The van der Waals surface area contributed by atoms with Gasteiger partial charge in [-0.3, -0.25) is 4.79 Å². The smallest absolute Gasteiger partial charge is 0.252 e. The number of rotatable bonds is 5. The lowest BCUT2D eigenvalue weighted by Crippen LogP contribution is -2.23. The first-order valence-electron chi connectivity index (χ1n) is 9.15. The number of amides is 1. The molecule has 0 aliphatic rings. The van der Waals surface area contributed by atoms with Gasteiger partial charge in [0, 0.05) is 17.7 Å². The third-order valence-corrected chi connectivity index (χ3v) is 4.54. The molecular weight excluding hydrogens is 348 g/mol. The van der Waals surface area contributed by atoms with E-state index in [0.717, 1.165) is 11.1 Å². The molecule has 28 heavy (non-hydrogen) atoms. The number of nitrogens with one attached hydrogen (secondary N) is 1. The Balaban J connectivity index is 1.56. The van der Waals surface area contributed by atoms with Crippen LogP contribution in [0.5, 0.6) is 0 Å². The monoisotopic (exact) mass is 368 g/mol. The van der Waals surface area contributed by atoms with E-state index in [2.05, 4.69) is 10.3 Å². The van der Waals surface area contributed by atoms with Crippen molar-refractivity contribution in [2.24, 2.45) is 0 Å². The zero-order valence-corrected chi connectivity index (χ0v) is 15.6. The highest BCUT2D eigenvalue weighted by Gasteiger charge is 2.16. The van der Waals surface area contributed by atoms with Gasteiger partial charge in [0.05, 0.1) is 11.8 Å². The maximum absolute atomic E-state index is 12.8. The fourth-order valence-corrected chi connectivity index (χ4v) is 2.99. The molecule has 1 amide bonds. The van der Waals surface area contributed by atoms with Crippen molar-refractivity contribution in [1.82, 2.24) is 10.3 Å². The lowest BCUT2D eigenvalue weighted by Gasteiger charge is -2.08. The minimum Gasteiger partial charge on any atom is -0.436 e. The summed E-state index contributed by atoms with van der Waals surface area (Å²) in [6.07, 6.45) is 1.69. The van der Waals surface area contributed by atoms with Gasteiger partial charge < -0.3 is 9.73 Å². The average molecular weight is 368 g/mol. The van der Waals surface area contributed by atoms with E-state index in [1.807, 2.05) is 79.7 Å². The summed E-state index contributed by atoms with van der Waals surface area (Å²) in [5, 5.41) is 2.97. The molecule has 1 N–H and O–H groups in total. The van der Waals surface area contributed by atoms with E-state index < -0.39 is 0 Å². The van der Waals surface area contributed by atoms with Gasteiger partial charge in [-0.2, -0.15) is 0 Å². The number of aromatic nitrogens is 1. The number of hydrogen-bond donors (Lipinski definition) is 1. The van der Waals surface area contributed by atoms with Crippen LogP contribution in [0.3, 0.4) is 0 Å². The lowest BCUT2D eigenvalue weighted by atomic mass is 10.1. The molecule has 0 bridgehead atoms. The van der Waals surface area contributed by atoms with Crippen LogP contribution in [-0.2, 0) is 6.54 Å². The van der Waals surface area contributed by atoms with E-state index in [1.165, 1.54) is 5.56 Å². The van der Waals surface area contributed by atoms with Gasteiger partial charge in [-0.1, -0.05) is 72.3 Å². The number of benzene rings is 3. The largest absolute Gasteiger partial charge is 0.436 e. The van der Waals surface area contributed by atoms with E-state index in [9.17, 15) is 4.79 Å². The number of nitrogens with zero attached hydrogens (tertiary/aromatic N) is 1. The highest BCUT2D eigenvalue weighted by molar-refractivity contribution is 6.00. The second kappa shape index (κ2) is 7.92. The van der Waals surface area contributed by atoms with Crippen molar-refractivity contribution in [2.45, 2.75) is 13.5 Å². The zero-order chi connectivity index (χ0) is 19.3. The average Bonchev–Trinajstić information content (AvgIpc) is 3.24. The number of aryl methyl sites for hydroxylation is 1. The highest BCUT2D eigenvalue weighted by atomic mass is 16.4. The van der Waals surface area contributed by atoms with E-state index in [1.54, 1.807) is 12.3 Å². The summed E-state index contributed by atoms with van der Waals surface area (Å²) in [5.41, 5.74) is 4.40. The van der Waals surface area contributed by atoms with Crippen LogP contribution in [0, 0.1) is 6.92 Å². The lowest BCUT2D eigenvalue weighted by molar-refractivity contribution is 0.0951. The van der Waals surface area contributed by atoms with Gasteiger partial charge in [0.2, 0.25) is 5.89 Å². The Morgan fingerprint density at radius 3 is 2.43 bits per heavy atom. The maximum atomic E-state index is 12.8. The highest BCUT2D eigenvalue weighted by Crippen LogP contribution is 2.28. The molecule has 4 heteroatoms. The molecule has 0 atom stereocenters. The first-order chi connectivity index (χ1) is 13.7. The Hall–Kier alpha value is -3.66. The topological polar surface area (TPSA) is 55.1 Å². The van der Waals surface area contributed by atoms with Gasteiger partial charge in [-0.25, -0.2) is 4.98 Å². The SMILES string of the molecule is Cc1ccc(CNC(=O)c2ccccc2-c2ncc(-c3ccccc3)o2)cc1. The molecule has 1 aromatic heterocycles. The summed E-state index contributed by atoms with van der Waals surface area (Å²) in [4.78, 5) is 17.2.